The fourth-order valence-corrected chi connectivity index (χ4v) is 3.66. The fourth-order valence-electron chi connectivity index (χ4n) is 3.66. The summed E-state index contributed by atoms with van der Waals surface area (Å²) in [6, 6.07) is 4.56. The van der Waals surface area contributed by atoms with Gasteiger partial charge >= 0.3 is 0 Å². The van der Waals surface area contributed by atoms with Crippen LogP contribution in [-0.2, 0) is 6.54 Å². The summed E-state index contributed by atoms with van der Waals surface area (Å²) in [4.78, 5) is 24.4. The Morgan fingerprint density at radius 2 is 1.70 bits per heavy atom. The summed E-state index contributed by atoms with van der Waals surface area (Å²) in [6.45, 7) is 9.38. The number of nitro groups is 1. The second kappa shape index (κ2) is 13.7. The number of non-ortho nitro benzene ring substituents is 1. The van der Waals surface area contributed by atoms with Gasteiger partial charge in [-0.3, -0.25) is 14.9 Å². The van der Waals surface area contributed by atoms with Gasteiger partial charge in [0.15, 0.2) is 5.75 Å². The van der Waals surface area contributed by atoms with Crippen LogP contribution in [-0.4, -0.2) is 22.7 Å². The number of aryl methyl sites for hydroxylation is 1. The monoisotopic (exact) mass is 458 g/mol. The molecule has 1 aromatic carbocycles. The number of allylic oxidation sites excluding steroid dienone is 1. The van der Waals surface area contributed by atoms with E-state index in [0.29, 0.717) is 36.4 Å². The molecule has 2 aromatic rings. The van der Waals surface area contributed by atoms with Gasteiger partial charge in [0.1, 0.15) is 6.61 Å². The largest absolute Gasteiger partial charge is 0.485 e. The van der Waals surface area contributed by atoms with Gasteiger partial charge in [-0.1, -0.05) is 57.9 Å². The molecule has 0 fully saturated rings. The number of hydrogen-bond donors (Lipinski definition) is 0. The van der Waals surface area contributed by atoms with Crippen LogP contribution in [0.1, 0.15) is 79.1 Å². The average molecular weight is 459 g/mol. The van der Waals surface area contributed by atoms with Crippen molar-refractivity contribution in [3.63, 3.8) is 0 Å². The highest BCUT2D eigenvalue weighted by Crippen LogP contribution is 2.35. The molecule has 0 radical (unpaired) electrons. The van der Waals surface area contributed by atoms with E-state index < -0.39 is 4.92 Å². The van der Waals surface area contributed by atoms with Crippen molar-refractivity contribution in [3.8, 4) is 11.5 Å². The molecule has 33 heavy (non-hydrogen) atoms. The minimum Gasteiger partial charge on any atom is -0.485 e. The Kier molecular flexibility index (Phi) is 10.9. The topological polar surface area (TPSA) is 83.6 Å². The first kappa shape index (κ1) is 26.4. The van der Waals surface area contributed by atoms with Crippen molar-refractivity contribution in [2.45, 2.75) is 85.6 Å². The number of ether oxygens (including phenoxy) is 2. The summed E-state index contributed by atoms with van der Waals surface area (Å²) >= 11 is 0. The molecule has 0 amide bonds. The van der Waals surface area contributed by atoms with Crippen LogP contribution in [0.2, 0.25) is 0 Å². The summed E-state index contributed by atoms with van der Waals surface area (Å²) in [6.07, 6.45) is 10.3. The number of pyridine rings is 1. The maximum atomic E-state index is 13.5. The van der Waals surface area contributed by atoms with E-state index in [2.05, 4.69) is 6.92 Å². The minimum atomic E-state index is -0.444. The van der Waals surface area contributed by atoms with E-state index in [9.17, 15) is 14.9 Å². The number of unbranched alkanes of at least 4 members (excludes halogenated alkanes) is 6. The molecule has 0 spiro atoms. The van der Waals surface area contributed by atoms with Crippen LogP contribution in [0.5, 0.6) is 11.5 Å². The molecule has 7 nitrogen and oxygen atoms in total. The van der Waals surface area contributed by atoms with Gasteiger partial charge in [-0.15, -0.1) is 0 Å². The molecule has 0 aliphatic carbocycles. The Bertz CT molecular complexity index is 1010. The first-order valence-electron chi connectivity index (χ1n) is 12.1. The quantitative estimate of drug-likeness (QED) is 0.127. The number of fused-ring (bicyclic) bond motifs is 1. The number of rotatable bonds is 15. The second-order valence-electron chi connectivity index (χ2n) is 8.64. The highest BCUT2D eigenvalue weighted by molar-refractivity contribution is 5.89. The first-order chi connectivity index (χ1) is 15.9. The van der Waals surface area contributed by atoms with Crippen molar-refractivity contribution in [2.24, 2.45) is 0 Å². The summed E-state index contributed by atoms with van der Waals surface area (Å²) < 4.78 is 13.6. The van der Waals surface area contributed by atoms with Gasteiger partial charge in [0, 0.05) is 24.1 Å². The SMILES string of the molecule is CCCCCCCCOc1c(OCC=C(C)C)c2ccc([N+](=O)[O-])cc2n(CCCC)c1=O. The Morgan fingerprint density at radius 3 is 2.36 bits per heavy atom. The van der Waals surface area contributed by atoms with Crippen molar-refractivity contribution in [2.75, 3.05) is 13.2 Å². The minimum absolute atomic E-state index is 0.0526. The fraction of sp³-hybridized carbons (Fsp3) is 0.577. The Labute approximate surface area is 196 Å². The molecule has 1 aromatic heterocycles. The third-order valence-electron chi connectivity index (χ3n) is 5.57. The smallest absolute Gasteiger partial charge is 0.297 e. The van der Waals surface area contributed by atoms with Crippen molar-refractivity contribution < 1.29 is 14.4 Å². The maximum Gasteiger partial charge on any atom is 0.297 e. The van der Waals surface area contributed by atoms with Gasteiger partial charge < -0.3 is 14.0 Å². The lowest BCUT2D eigenvalue weighted by molar-refractivity contribution is -0.384. The molecule has 1 heterocycles. The van der Waals surface area contributed by atoms with Crippen LogP contribution in [0.25, 0.3) is 10.9 Å². The number of benzene rings is 1. The Hall–Kier alpha value is -2.83. The lowest BCUT2D eigenvalue weighted by Crippen LogP contribution is -2.24. The van der Waals surface area contributed by atoms with Gasteiger partial charge in [-0.25, -0.2) is 0 Å². The molecule has 0 aliphatic heterocycles. The van der Waals surface area contributed by atoms with Crippen molar-refractivity contribution >= 4 is 16.6 Å². The van der Waals surface area contributed by atoms with Gasteiger partial charge in [0.2, 0.25) is 5.75 Å². The predicted molar refractivity (Wildman–Crippen MR) is 134 cm³/mol. The van der Waals surface area contributed by atoms with Crippen LogP contribution in [0.15, 0.2) is 34.6 Å². The van der Waals surface area contributed by atoms with Gasteiger partial charge in [-0.05, 0) is 38.8 Å². The number of nitro benzene ring substituents is 1. The molecular formula is C26H38N2O5. The van der Waals surface area contributed by atoms with Crippen molar-refractivity contribution in [1.82, 2.24) is 4.57 Å². The molecule has 0 unspecified atom stereocenters. The molecule has 0 bridgehead atoms. The molecule has 7 heteroatoms. The second-order valence-corrected chi connectivity index (χ2v) is 8.64. The van der Waals surface area contributed by atoms with E-state index in [1.165, 1.54) is 31.4 Å². The number of aromatic nitrogens is 1. The number of nitrogens with zero attached hydrogens (tertiary/aromatic N) is 2. The van der Waals surface area contributed by atoms with Gasteiger partial charge in [0.25, 0.3) is 11.2 Å². The van der Waals surface area contributed by atoms with Crippen LogP contribution in [0.4, 0.5) is 5.69 Å². The molecule has 182 valence electrons. The van der Waals surface area contributed by atoms with E-state index in [4.69, 9.17) is 9.47 Å². The highest BCUT2D eigenvalue weighted by atomic mass is 16.6. The summed E-state index contributed by atoms with van der Waals surface area (Å²) in [5, 5.41) is 12.0. The zero-order valence-corrected chi connectivity index (χ0v) is 20.5. The predicted octanol–water partition coefficient (Wildman–Crippen LogP) is 6.79. The lowest BCUT2D eigenvalue weighted by atomic mass is 10.1. The Balaban J connectivity index is 2.47. The summed E-state index contributed by atoms with van der Waals surface area (Å²) in [7, 11) is 0. The normalized spacial score (nSPS) is 10.9. The first-order valence-corrected chi connectivity index (χ1v) is 12.1. The van der Waals surface area contributed by atoms with Crippen LogP contribution in [0.3, 0.4) is 0 Å². The summed E-state index contributed by atoms with van der Waals surface area (Å²) in [5.74, 6) is 0.560. The van der Waals surface area contributed by atoms with Crippen LogP contribution < -0.4 is 15.0 Å². The molecular weight excluding hydrogens is 420 g/mol. The van der Waals surface area contributed by atoms with Gasteiger partial charge in [0.05, 0.1) is 17.0 Å². The van der Waals surface area contributed by atoms with Crippen LogP contribution >= 0.6 is 0 Å². The molecule has 0 saturated carbocycles. The number of hydrogen-bond acceptors (Lipinski definition) is 5. The van der Waals surface area contributed by atoms with Gasteiger partial charge in [-0.2, -0.15) is 0 Å². The van der Waals surface area contributed by atoms with Crippen LogP contribution in [0, 0.1) is 10.1 Å². The zero-order chi connectivity index (χ0) is 24.2. The van der Waals surface area contributed by atoms with E-state index in [-0.39, 0.29) is 17.0 Å². The molecule has 0 N–H and O–H groups in total. The third-order valence-corrected chi connectivity index (χ3v) is 5.57. The average Bonchev–Trinajstić information content (AvgIpc) is 2.78. The third kappa shape index (κ3) is 7.62. The zero-order valence-electron chi connectivity index (χ0n) is 20.5. The molecule has 2 rings (SSSR count). The maximum absolute atomic E-state index is 13.5. The van der Waals surface area contributed by atoms with Crippen molar-refractivity contribution in [1.29, 1.82) is 0 Å². The molecule has 0 atom stereocenters. The highest BCUT2D eigenvalue weighted by Gasteiger charge is 2.21. The standard InChI is InChI=1S/C26H38N2O5/c1-5-7-9-10-11-12-17-32-25-24(33-18-15-20(3)4)22-14-13-21(28(30)31)19-23(22)27(26(25)29)16-8-6-2/h13-15,19H,5-12,16-18H2,1-4H3. The van der Waals surface area contributed by atoms with E-state index in [0.717, 1.165) is 37.7 Å². The summed E-state index contributed by atoms with van der Waals surface area (Å²) in [5.41, 5.74) is 1.25. The van der Waals surface area contributed by atoms with E-state index in [1.54, 1.807) is 10.6 Å². The molecule has 0 saturated heterocycles. The van der Waals surface area contributed by atoms with E-state index >= 15 is 0 Å². The van der Waals surface area contributed by atoms with Crippen molar-refractivity contribution in [3.05, 3.63) is 50.3 Å². The molecule has 0 aliphatic rings. The lowest BCUT2D eigenvalue weighted by Gasteiger charge is -2.18. The Morgan fingerprint density at radius 1 is 1.00 bits per heavy atom. The van der Waals surface area contributed by atoms with E-state index in [1.807, 2.05) is 26.8 Å².